The van der Waals surface area contributed by atoms with Crippen molar-refractivity contribution in [2.24, 2.45) is 0 Å². The van der Waals surface area contributed by atoms with Crippen LogP contribution >= 0.6 is 0 Å². The van der Waals surface area contributed by atoms with Crippen LogP contribution in [0.2, 0.25) is 0 Å². The molecule has 13 heavy (non-hydrogen) atoms. The van der Waals surface area contributed by atoms with Gasteiger partial charge in [-0.15, -0.1) is 5.10 Å². The van der Waals surface area contributed by atoms with Gasteiger partial charge in [0.25, 0.3) is 0 Å². The summed E-state index contributed by atoms with van der Waals surface area (Å²) in [5.74, 6) is 1.08. The van der Waals surface area contributed by atoms with Gasteiger partial charge in [-0.2, -0.15) is 5.10 Å². The maximum absolute atomic E-state index is 11.0. The fraction of sp³-hybridized carbons (Fsp3) is 0.444. The van der Waals surface area contributed by atoms with E-state index in [1.54, 1.807) is 0 Å². The number of hydrogen-bond donors (Lipinski definition) is 0. The molecule has 0 aliphatic carbocycles. The summed E-state index contributed by atoms with van der Waals surface area (Å²) in [4.78, 5) is 13.0. The molecule has 0 aromatic carbocycles. The minimum absolute atomic E-state index is 0.280. The lowest BCUT2D eigenvalue weighted by atomic mass is 10.4. The summed E-state index contributed by atoms with van der Waals surface area (Å²) in [6.45, 7) is 3.15. The maximum Gasteiger partial charge on any atom is 0.153 e. The molecule has 4 nitrogen and oxygen atoms in total. The zero-order valence-corrected chi connectivity index (χ0v) is 7.53. The van der Waals surface area contributed by atoms with E-state index in [0.29, 0.717) is 13.0 Å². The van der Waals surface area contributed by atoms with Crippen molar-refractivity contribution < 1.29 is 4.79 Å². The summed E-state index contributed by atoms with van der Waals surface area (Å²) < 4.78 is 0. The molecule has 68 valence electrons. The molecule has 1 fully saturated rings. The Morgan fingerprint density at radius 2 is 2.23 bits per heavy atom. The molecule has 2 rings (SSSR count). The highest BCUT2D eigenvalue weighted by Gasteiger charge is 2.20. The number of aryl methyl sites for hydroxylation is 1. The van der Waals surface area contributed by atoms with Gasteiger partial charge in [-0.3, -0.25) is 4.79 Å². The van der Waals surface area contributed by atoms with Gasteiger partial charge < -0.3 is 4.90 Å². The van der Waals surface area contributed by atoms with E-state index in [4.69, 9.17) is 0 Å². The number of nitrogens with zero attached hydrogens (tertiary/aromatic N) is 3. The number of hydrogen-bond acceptors (Lipinski definition) is 4. The van der Waals surface area contributed by atoms with Gasteiger partial charge in [0.2, 0.25) is 0 Å². The average Bonchev–Trinajstić information content (AvgIpc) is 2.53. The van der Waals surface area contributed by atoms with E-state index in [2.05, 4.69) is 10.2 Å². The van der Waals surface area contributed by atoms with Gasteiger partial charge in [0.15, 0.2) is 11.6 Å². The van der Waals surface area contributed by atoms with Crippen LogP contribution in [-0.4, -0.2) is 29.1 Å². The number of aromatic nitrogens is 2. The number of rotatable bonds is 1. The van der Waals surface area contributed by atoms with E-state index in [-0.39, 0.29) is 5.78 Å². The van der Waals surface area contributed by atoms with E-state index in [9.17, 15) is 4.79 Å². The van der Waals surface area contributed by atoms with E-state index in [1.807, 2.05) is 24.0 Å². The molecule has 1 saturated heterocycles. The van der Waals surface area contributed by atoms with Crippen LogP contribution < -0.4 is 4.90 Å². The van der Waals surface area contributed by atoms with E-state index < -0.39 is 0 Å². The molecule has 0 atom stereocenters. The first-order valence-corrected chi connectivity index (χ1v) is 4.33. The number of anilines is 1. The summed E-state index contributed by atoms with van der Waals surface area (Å²) >= 11 is 0. The SMILES string of the molecule is Cc1ccc(N2CCC(=O)C2)nn1. The maximum atomic E-state index is 11.0. The van der Waals surface area contributed by atoms with Crippen LogP contribution in [-0.2, 0) is 4.79 Å². The largest absolute Gasteiger partial charge is 0.347 e. The Kier molecular flexibility index (Phi) is 1.96. The summed E-state index contributed by atoms with van der Waals surface area (Å²) in [6.07, 6.45) is 0.634. The standard InChI is InChI=1S/C9H11N3O/c1-7-2-3-9(11-10-7)12-5-4-8(13)6-12/h2-3H,4-6H2,1H3. The molecule has 0 unspecified atom stereocenters. The molecular weight excluding hydrogens is 166 g/mol. The second kappa shape index (κ2) is 3.12. The lowest BCUT2D eigenvalue weighted by molar-refractivity contribution is -0.116. The molecule has 1 aliphatic heterocycles. The Labute approximate surface area is 76.6 Å². The van der Waals surface area contributed by atoms with Gasteiger partial charge in [0.1, 0.15) is 0 Å². The second-order valence-electron chi connectivity index (χ2n) is 3.24. The minimum atomic E-state index is 0.280. The molecule has 2 heterocycles. The summed E-state index contributed by atoms with van der Waals surface area (Å²) in [5.41, 5.74) is 0.897. The Balaban J connectivity index is 2.17. The van der Waals surface area contributed by atoms with Crippen LogP contribution in [0.4, 0.5) is 5.82 Å². The third-order valence-electron chi connectivity index (χ3n) is 2.14. The van der Waals surface area contributed by atoms with E-state index in [0.717, 1.165) is 18.1 Å². The van der Waals surface area contributed by atoms with Gasteiger partial charge in [-0.1, -0.05) is 0 Å². The van der Waals surface area contributed by atoms with Crippen LogP contribution in [0.3, 0.4) is 0 Å². The highest BCUT2D eigenvalue weighted by Crippen LogP contribution is 2.14. The number of ketones is 1. The third kappa shape index (κ3) is 1.66. The average molecular weight is 177 g/mol. The van der Waals surface area contributed by atoms with E-state index in [1.165, 1.54) is 0 Å². The molecule has 0 radical (unpaired) electrons. The number of carbonyl (C=O) groups excluding carboxylic acids is 1. The summed E-state index contributed by atoms with van der Waals surface area (Å²) in [5, 5.41) is 7.96. The van der Waals surface area contributed by atoms with Crippen LogP contribution in [0, 0.1) is 6.92 Å². The number of Topliss-reactive ketones (excluding diaryl/α,β-unsaturated/α-hetero) is 1. The molecule has 0 saturated carbocycles. The molecule has 0 amide bonds. The highest BCUT2D eigenvalue weighted by atomic mass is 16.1. The molecule has 0 N–H and O–H groups in total. The van der Waals surface area contributed by atoms with Crippen LogP contribution in [0.5, 0.6) is 0 Å². The predicted molar refractivity (Wildman–Crippen MR) is 48.6 cm³/mol. The Bertz CT molecular complexity index is 320. The molecule has 0 spiro atoms. The van der Waals surface area contributed by atoms with E-state index >= 15 is 0 Å². The lowest BCUT2D eigenvalue weighted by Crippen LogP contribution is -2.21. The van der Waals surface area contributed by atoms with Crippen molar-refractivity contribution in [3.63, 3.8) is 0 Å². The molecule has 0 bridgehead atoms. The zero-order valence-electron chi connectivity index (χ0n) is 7.53. The van der Waals surface area contributed by atoms with Crippen LogP contribution in [0.1, 0.15) is 12.1 Å². The summed E-state index contributed by atoms with van der Waals surface area (Å²) in [7, 11) is 0. The van der Waals surface area contributed by atoms with Crippen molar-refractivity contribution in [2.45, 2.75) is 13.3 Å². The van der Waals surface area contributed by atoms with Crippen molar-refractivity contribution in [2.75, 3.05) is 18.0 Å². The normalized spacial score (nSPS) is 16.7. The van der Waals surface area contributed by atoms with Gasteiger partial charge in [0, 0.05) is 13.0 Å². The van der Waals surface area contributed by atoms with Crippen molar-refractivity contribution in [3.8, 4) is 0 Å². The Morgan fingerprint density at radius 3 is 2.77 bits per heavy atom. The van der Waals surface area contributed by atoms with Gasteiger partial charge in [0.05, 0.1) is 12.2 Å². The van der Waals surface area contributed by atoms with Gasteiger partial charge >= 0.3 is 0 Å². The smallest absolute Gasteiger partial charge is 0.153 e. The Morgan fingerprint density at radius 1 is 1.38 bits per heavy atom. The molecule has 1 aromatic rings. The number of carbonyl (C=O) groups is 1. The van der Waals surface area contributed by atoms with Crippen LogP contribution in [0.15, 0.2) is 12.1 Å². The first-order valence-electron chi connectivity index (χ1n) is 4.33. The fourth-order valence-corrected chi connectivity index (χ4v) is 1.39. The first kappa shape index (κ1) is 8.16. The highest BCUT2D eigenvalue weighted by molar-refractivity contribution is 5.86. The first-order chi connectivity index (χ1) is 6.25. The van der Waals surface area contributed by atoms with Crippen LogP contribution in [0.25, 0.3) is 0 Å². The molecule has 1 aromatic heterocycles. The third-order valence-corrected chi connectivity index (χ3v) is 2.14. The van der Waals surface area contributed by atoms with Crippen molar-refractivity contribution in [1.29, 1.82) is 0 Å². The van der Waals surface area contributed by atoms with Gasteiger partial charge in [-0.05, 0) is 19.1 Å². The Hall–Kier alpha value is -1.45. The topological polar surface area (TPSA) is 46.1 Å². The zero-order chi connectivity index (χ0) is 9.26. The lowest BCUT2D eigenvalue weighted by Gasteiger charge is -2.13. The second-order valence-corrected chi connectivity index (χ2v) is 3.24. The minimum Gasteiger partial charge on any atom is -0.347 e. The molecule has 1 aliphatic rings. The quantitative estimate of drug-likeness (QED) is 0.629. The fourth-order valence-electron chi connectivity index (χ4n) is 1.39. The molecular formula is C9H11N3O. The van der Waals surface area contributed by atoms with Crippen molar-refractivity contribution >= 4 is 11.6 Å². The molecule has 4 heteroatoms. The van der Waals surface area contributed by atoms with Gasteiger partial charge in [-0.25, -0.2) is 0 Å². The predicted octanol–water partition coefficient (Wildman–Crippen LogP) is 0.564. The summed E-state index contributed by atoms with van der Waals surface area (Å²) in [6, 6.07) is 3.81. The monoisotopic (exact) mass is 177 g/mol. The van der Waals surface area contributed by atoms with Crippen molar-refractivity contribution in [3.05, 3.63) is 17.8 Å². The van der Waals surface area contributed by atoms with Crippen molar-refractivity contribution in [1.82, 2.24) is 10.2 Å².